The molecule has 1 aromatic heterocycles. The van der Waals surface area contributed by atoms with Crippen LogP contribution in [0, 0.1) is 0 Å². The Morgan fingerprint density at radius 3 is 2.77 bits per heavy atom. The lowest BCUT2D eigenvalue weighted by Crippen LogP contribution is -2.01. The van der Waals surface area contributed by atoms with E-state index in [1.165, 1.54) is 35.6 Å². The standard InChI is InChI=1S/C10H16N2S/c1-7(11)9-6-12-10(13-9)8-4-2-3-5-8/h6-8H,2-5,11H2,1H3. The second-order valence-electron chi connectivity index (χ2n) is 3.87. The molecule has 2 nitrogen and oxygen atoms in total. The molecule has 1 aliphatic carbocycles. The van der Waals surface area contributed by atoms with Crippen LogP contribution in [0.15, 0.2) is 6.20 Å². The Hall–Kier alpha value is -0.410. The van der Waals surface area contributed by atoms with Crippen molar-refractivity contribution >= 4 is 11.3 Å². The van der Waals surface area contributed by atoms with E-state index < -0.39 is 0 Å². The van der Waals surface area contributed by atoms with Crippen LogP contribution >= 0.6 is 11.3 Å². The number of rotatable bonds is 2. The maximum atomic E-state index is 5.80. The first-order chi connectivity index (χ1) is 6.27. The Morgan fingerprint density at radius 2 is 2.23 bits per heavy atom. The highest BCUT2D eigenvalue weighted by molar-refractivity contribution is 7.11. The van der Waals surface area contributed by atoms with Gasteiger partial charge in [0.15, 0.2) is 0 Å². The quantitative estimate of drug-likeness (QED) is 0.790. The van der Waals surface area contributed by atoms with Gasteiger partial charge in [0.2, 0.25) is 0 Å². The third kappa shape index (κ3) is 1.92. The van der Waals surface area contributed by atoms with Crippen LogP contribution in [0.1, 0.15) is 54.5 Å². The molecule has 1 atom stereocenters. The molecular weight excluding hydrogens is 180 g/mol. The third-order valence-electron chi connectivity index (χ3n) is 2.69. The minimum atomic E-state index is 0.146. The van der Waals surface area contributed by atoms with Crippen molar-refractivity contribution in [2.24, 2.45) is 5.73 Å². The summed E-state index contributed by atoms with van der Waals surface area (Å²) in [6, 6.07) is 0.146. The number of thiazole rings is 1. The minimum absolute atomic E-state index is 0.146. The lowest BCUT2D eigenvalue weighted by atomic mass is 10.1. The van der Waals surface area contributed by atoms with Crippen molar-refractivity contribution in [3.8, 4) is 0 Å². The van der Waals surface area contributed by atoms with Crippen molar-refractivity contribution < 1.29 is 0 Å². The zero-order valence-electron chi connectivity index (χ0n) is 7.99. The monoisotopic (exact) mass is 196 g/mol. The zero-order valence-corrected chi connectivity index (χ0v) is 8.81. The first-order valence-corrected chi connectivity index (χ1v) is 5.80. The molecule has 1 fully saturated rings. The molecule has 2 N–H and O–H groups in total. The van der Waals surface area contributed by atoms with Crippen LogP contribution in [-0.4, -0.2) is 4.98 Å². The predicted molar refractivity (Wildman–Crippen MR) is 55.9 cm³/mol. The van der Waals surface area contributed by atoms with Crippen LogP contribution < -0.4 is 5.73 Å². The highest BCUT2D eigenvalue weighted by Gasteiger charge is 2.20. The van der Waals surface area contributed by atoms with E-state index >= 15 is 0 Å². The third-order valence-corrected chi connectivity index (χ3v) is 4.06. The second-order valence-corrected chi connectivity index (χ2v) is 4.96. The van der Waals surface area contributed by atoms with E-state index in [1.54, 1.807) is 11.3 Å². The largest absolute Gasteiger partial charge is 0.323 e. The first kappa shape index (κ1) is 9.16. The van der Waals surface area contributed by atoms with Crippen molar-refractivity contribution in [3.63, 3.8) is 0 Å². The van der Waals surface area contributed by atoms with Gasteiger partial charge in [-0.1, -0.05) is 12.8 Å². The van der Waals surface area contributed by atoms with Gasteiger partial charge in [0.05, 0.1) is 5.01 Å². The average Bonchev–Trinajstić information content (AvgIpc) is 2.75. The summed E-state index contributed by atoms with van der Waals surface area (Å²) < 4.78 is 0. The van der Waals surface area contributed by atoms with Gasteiger partial charge in [-0.05, 0) is 19.8 Å². The van der Waals surface area contributed by atoms with Gasteiger partial charge in [-0.25, -0.2) is 4.98 Å². The van der Waals surface area contributed by atoms with E-state index in [0.29, 0.717) is 0 Å². The van der Waals surface area contributed by atoms with Crippen LogP contribution in [0.4, 0.5) is 0 Å². The topological polar surface area (TPSA) is 38.9 Å². The van der Waals surface area contributed by atoms with Gasteiger partial charge < -0.3 is 5.73 Å². The zero-order chi connectivity index (χ0) is 9.26. The van der Waals surface area contributed by atoms with Gasteiger partial charge in [0, 0.05) is 23.0 Å². The molecule has 2 rings (SSSR count). The fourth-order valence-electron chi connectivity index (χ4n) is 1.87. The summed E-state index contributed by atoms with van der Waals surface area (Å²) in [6.07, 6.45) is 7.34. The fourth-order valence-corrected chi connectivity index (χ4v) is 2.91. The summed E-state index contributed by atoms with van der Waals surface area (Å²) >= 11 is 1.80. The van der Waals surface area contributed by atoms with Gasteiger partial charge in [-0.3, -0.25) is 0 Å². The Morgan fingerprint density at radius 1 is 1.54 bits per heavy atom. The van der Waals surface area contributed by atoms with E-state index in [9.17, 15) is 0 Å². The maximum Gasteiger partial charge on any atom is 0.0959 e. The molecule has 0 saturated heterocycles. The summed E-state index contributed by atoms with van der Waals surface area (Å²) in [6.45, 7) is 2.02. The van der Waals surface area contributed by atoms with Gasteiger partial charge in [0.25, 0.3) is 0 Å². The normalized spacial score (nSPS) is 20.8. The van der Waals surface area contributed by atoms with Crippen LogP contribution in [0.3, 0.4) is 0 Å². The second kappa shape index (κ2) is 3.76. The van der Waals surface area contributed by atoms with Gasteiger partial charge in [0.1, 0.15) is 0 Å². The van der Waals surface area contributed by atoms with Crippen LogP contribution in [0.5, 0.6) is 0 Å². The van der Waals surface area contributed by atoms with Gasteiger partial charge >= 0.3 is 0 Å². The van der Waals surface area contributed by atoms with Crippen LogP contribution in [0.2, 0.25) is 0 Å². The Balaban J connectivity index is 2.12. The van der Waals surface area contributed by atoms with E-state index in [0.717, 1.165) is 5.92 Å². The molecule has 0 amide bonds. The maximum absolute atomic E-state index is 5.80. The molecule has 3 heteroatoms. The molecule has 1 aliphatic rings. The number of hydrogen-bond donors (Lipinski definition) is 1. The molecule has 1 saturated carbocycles. The summed E-state index contributed by atoms with van der Waals surface area (Å²) in [5.41, 5.74) is 5.80. The molecule has 13 heavy (non-hydrogen) atoms. The van der Waals surface area contributed by atoms with Crippen LogP contribution in [0.25, 0.3) is 0 Å². The van der Waals surface area contributed by atoms with E-state index in [1.807, 2.05) is 13.1 Å². The fraction of sp³-hybridized carbons (Fsp3) is 0.700. The molecule has 0 aliphatic heterocycles. The molecule has 1 unspecified atom stereocenters. The van der Waals surface area contributed by atoms with Crippen molar-refractivity contribution in [1.82, 2.24) is 4.98 Å². The molecule has 0 aromatic carbocycles. The minimum Gasteiger partial charge on any atom is -0.323 e. The first-order valence-electron chi connectivity index (χ1n) is 4.98. The van der Waals surface area contributed by atoms with Crippen LogP contribution in [-0.2, 0) is 0 Å². The number of nitrogens with two attached hydrogens (primary N) is 1. The van der Waals surface area contributed by atoms with E-state index in [2.05, 4.69) is 4.98 Å². The number of aromatic nitrogens is 1. The Bertz CT molecular complexity index is 274. The highest BCUT2D eigenvalue weighted by Crippen LogP contribution is 2.36. The molecule has 0 spiro atoms. The average molecular weight is 196 g/mol. The highest BCUT2D eigenvalue weighted by atomic mass is 32.1. The smallest absolute Gasteiger partial charge is 0.0959 e. The summed E-state index contributed by atoms with van der Waals surface area (Å²) in [5.74, 6) is 0.734. The summed E-state index contributed by atoms with van der Waals surface area (Å²) in [5, 5.41) is 1.31. The van der Waals surface area contributed by atoms with Gasteiger partial charge in [-0.15, -0.1) is 11.3 Å². The van der Waals surface area contributed by atoms with Crippen molar-refractivity contribution in [1.29, 1.82) is 0 Å². The molecule has 1 heterocycles. The number of hydrogen-bond acceptors (Lipinski definition) is 3. The SMILES string of the molecule is CC(N)c1cnc(C2CCCC2)s1. The molecule has 0 bridgehead atoms. The number of nitrogens with zero attached hydrogens (tertiary/aromatic N) is 1. The van der Waals surface area contributed by atoms with Crippen molar-refractivity contribution in [2.75, 3.05) is 0 Å². The summed E-state index contributed by atoms with van der Waals surface area (Å²) in [7, 11) is 0. The van der Waals surface area contributed by atoms with Crippen molar-refractivity contribution in [3.05, 3.63) is 16.1 Å². The molecule has 0 radical (unpaired) electrons. The lowest BCUT2D eigenvalue weighted by Gasteiger charge is -2.03. The van der Waals surface area contributed by atoms with Gasteiger partial charge in [-0.2, -0.15) is 0 Å². The Kier molecular flexibility index (Phi) is 2.65. The van der Waals surface area contributed by atoms with Crippen molar-refractivity contribution in [2.45, 2.75) is 44.6 Å². The predicted octanol–water partition coefficient (Wildman–Crippen LogP) is 2.82. The van der Waals surface area contributed by atoms with E-state index in [4.69, 9.17) is 5.73 Å². The molecular formula is C10H16N2S. The van der Waals surface area contributed by atoms with E-state index in [-0.39, 0.29) is 6.04 Å². The lowest BCUT2D eigenvalue weighted by molar-refractivity contribution is 0.716. The molecule has 72 valence electrons. The Labute approximate surface area is 83.2 Å². The molecule has 1 aromatic rings. The summed E-state index contributed by atoms with van der Waals surface area (Å²) in [4.78, 5) is 5.68.